The molecule has 1 aromatic heterocycles. The smallest absolute Gasteiger partial charge is 0.338 e. The highest BCUT2D eigenvalue weighted by Crippen LogP contribution is 2.28. The summed E-state index contributed by atoms with van der Waals surface area (Å²) in [5, 5.41) is 14.6. The minimum Gasteiger partial charge on any atom is -0.478 e. The zero-order chi connectivity index (χ0) is 13.8. The number of carbonyl (C=O) groups is 1. The number of anilines is 1. The van der Waals surface area contributed by atoms with E-state index in [9.17, 15) is 9.90 Å². The molecule has 3 nitrogen and oxygen atoms in total. The van der Waals surface area contributed by atoms with Gasteiger partial charge < -0.3 is 10.4 Å². The molecule has 1 heterocycles. The highest BCUT2D eigenvalue weighted by atomic mass is 32.2. The van der Waals surface area contributed by atoms with Gasteiger partial charge in [-0.2, -0.15) is 0 Å². The lowest BCUT2D eigenvalue weighted by Gasteiger charge is -2.12. The van der Waals surface area contributed by atoms with Crippen LogP contribution in [0.25, 0.3) is 0 Å². The second-order valence-electron chi connectivity index (χ2n) is 4.07. The van der Waals surface area contributed by atoms with Crippen molar-refractivity contribution < 1.29 is 9.90 Å². The Morgan fingerprint density at radius 3 is 2.79 bits per heavy atom. The maximum atomic E-state index is 11.4. The van der Waals surface area contributed by atoms with Crippen LogP contribution in [0.3, 0.4) is 0 Å². The van der Waals surface area contributed by atoms with Gasteiger partial charge in [0, 0.05) is 16.3 Å². The maximum Gasteiger partial charge on any atom is 0.338 e. The number of carboxylic acids is 1. The van der Waals surface area contributed by atoms with Gasteiger partial charge in [-0.3, -0.25) is 0 Å². The van der Waals surface area contributed by atoms with Crippen LogP contribution in [0.1, 0.15) is 20.8 Å². The number of rotatable bonds is 5. The predicted octanol–water partition coefficient (Wildman–Crippen LogP) is 4.09. The molecule has 0 unspecified atom stereocenters. The molecule has 100 valence electrons. The molecule has 0 radical (unpaired) electrons. The van der Waals surface area contributed by atoms with Gasteiger partial charge in [-0.15, -0.1) is 23.1 Å². The lowest BCUT2D eigenvalue weighted by atomic mass is 10.1. The summed E-state index contributed by atoms with van der Waals surface area (Å²) in [6.07, 6.45) is 1.88. The van der Waals surface area contributed by atoms with Crippen LogP contribution in [-0.2, 0) is 6.54 Å². The summed E-state index contributed by atoms with van der Waals surface area (Å²) >= 11 is 3.12. The highest BCUT2D eigenvalue weighted by Gasteiger charge is 2.15. The van der Waals surface area contributed by atoms with E-state index in [2.05, 4.69) is 18.3 Å². The van der Waals surface area contributed by atoms with E-state index in [0.717, 1.165) is 4.90 Å². The van der Waals surface area contributed by atoms with Crippen molar-refractivity contribution in [3.63, 3.8) is 0 Å². The van der Waals surface area contributed by atoms with Crippen molar-refractivity contribution in [2.75, 3.05) is 11.6 Å². The molecule has 2 N–H and O–H groups in total. The third-order valence-electron chi connectivity index (χ3n) is 2.87. The number of thioether (sulfide) groups is 1. The molecule has 5 heteroatoms. The zero-order valence-electron chi connectivity index (χ0n) is 10.8. The molecule has 0 aliphatic carbocycles. The van der Waals surface area contributed by atoms with Crippen LogP contribution in [0, 0.1) is 6.92 Å². The van der Waals surface area contributed by atoms with Crippen LogP contribution in [0.4, 0.5) is 5.69 Å². The number of benzene rings is 1. The number of hydrogen-bond acceptors (Lipinski definition) is 4. The second kappa shape index (κ2) is 6.12. The largest absolute Gasteiger partial charge is 0.478 e. The van der Waals surface area contributed by atoms with Crippen molar-refractivity contribution >= 4 is 34.8 Å². The van der Waals surface area contributed by atoms with Gasteiger partial charge in [-0.05, 0) is 42.3 Å². The van der Waals surface area contributed by atoms with Gasteiger partial charge in [-0.25, -0.2) is 4.79 Å². The maximum absolute atomic E-state index is 11.4. The molecule has 0 bridgehead atoms. The third kappa shape index (κ3) is 3.11. The first kappa shape index (κ1) is 14.0. The van der Waals surface area contributed by atoms with Crippen LogP contribution in [0.5, 0.6) is 0 Å². The Morgan fingerprint density at radius 1 is 1.42 bits per heavy atom. The minimum absolute atomic E-state index is 0.351. The van der Waals surface area contributed by atoms with Gasteiger partial charge in [0.1, 0.15) is 0 Å². The molecule has 0 atom stereocenters. The second-order valence-corrected chi connectivity index (χ2v) is 5.92. The van der Waals surface area contributed by atoms with Gasteiger partial charge in [0.15, 0.2) is 0 Å². The zero-order valence-corrected chi connectivity index (χ0v) is 12.4. The van der Waals surface area contributed by atoms with E-state index >= 15 is 0 Å². The Hall–Kier alpha value is -1.46. The molecule has 0 aliphatic rings. The van der Waals surface area contributed by atoms with Crippen molar-refractivity contribution in [3.05, 3.63) is 45.6 Å². The van der Waals surface area contributed by atoms with E-state index in [1.807, 2.05) is 29.8 Å². The third-order valence-corrected chi connectivity index (χ3v) is 4.67. The van der Waals surface area contributed by atoms with Gasteiger partial charge in [0.2, 0.25) is 0 Å². The summed E-state index contributed by atoms with van der Waals surface area (Å²) in [4.78, 5) is 13.4. The summed E-state index contributed by atoms with van der Waals surface area (Å²) in [7, 11) is 0. The SMILES string of the molecule is CSc1cccc(NCc2sccc2C)c1C(=O)O. The van der Waals surface area contributed by atoms with Crippen molar-refractivity contribution in [2.45, 2.75) is 18.4 Å². The first-order chi connectivity index (χ1) is 9.13. The minimum atomic E-state index is -0.893. The van der Waals surface area contributed by atoms with Crippen LogP contribution in [0.2, 0.25) is 0 Å². The lowest BCUT2D eigenvalue weighted by molar-refractivity contribution is 0.0694. The first-order valence-corrected chi connectivity index (χ1v) is 7.91. The normalized spacial score (nSPS) is 10.4. The molecule has 0 aliphatic heterocycles. The fourth-order valence-corrected chi connectivity index (χ4v) is 3.29. The van der Waals surface area contributed by atoms with E-state index in [1.54, 1.807) is 11.3 Å². The van der Waals surface area contributed by atoms with Gasteiger partial charge in [0.05, 0.1) is 11.3 Å². The quantitative estimate of drug-likeness (QED) is 0.815. The molecular formula is C14H15NO2S2. The Morgan fingerprint density at radius 2 is 2.21 bits per heavy atom. The van der Waals surface area contributed by atoms with E-state index in [4.69, 9.17) is 0 Å². The fraction of sp³-hybridized carbons (Fsp3) is 0.214. The molecule has 19 heavy (non-hydrogen) atoms. The van der Waals surface area contributed by atoms with Gasteiger partial charge in [-0.1, -0.05) is 6.07 Å². The van der Waals surface area contributed by atoms with Crippen molar-refractivity contribution in [3.8, 4) is 0 Å². The summed E-state index contributed by atoms with van der Waals surface area (Å²) in [6.45, 7) is 2.71. The molecule has 0 fully saturated rings. The first-order valence-electron chi connectivity index (χ1n) is 5.80. The van der Waals surface area contributed by atoms with Crippen LogP contribution in [-0.4, -0.2) is 17.3 Å². The Balaban J connectivity index is 2.25. The number of carboxylic acid groups (broad SMARTS) is 1. The summed E-state index contributed by atoms with van der Waals surface area (Å²) in [5.74, 6) is -0.893. The summed E-state index contributed by atoms with van der Waals surface area (Å²) in [5.41, 5.74) is 2.26. The molecule has 1 aromatic carbocycles. The number of aryl methyl sites for hydroxylation is 1. The van der Waals surface area contributed by atoms with E-state index in [0.29, 0.717) is 17.8 Å². The lowest BCUT2D eigenvalue weighted by Crippen LogP contribution is -2.07. The molecule has 0 amide bonds. The monoisotopic (exact) mass is 293 g/mol. The standard InChI is InChI=1S/C14H15NO2S2/c1-9-6-7-19-12(9)8-15-10-4-3-5-11(18-2)13(10)14(16)17/h3-7,15H,8H2,1-2H3,(H,16,17). The number of aromatic carboxylic acids is 1. The topological polar surface area (TPSA) is 49.3 Å². The van der Waals surface area contributed by atoms with Crippen molar-refractivity contribution in [1.82, 2.24) is 0 Å². The molecule has 0 spiro atoms. The Kier molecular flexibility index (Phi) is 4.50. The molecule has 0 saturated heterocycles. The van der Waals surface area contributed by atoms with Gasteiger partial charge >= 0.3 is 5.97 Å². The Bertz CT molecular complexity index is 593. The van der Waals surface area contributed by atoms with Crippen molar-refractivity contribution in [2.24, 2.45) is 0 Å². The number of thiophene rings is 1. The summed E-state index contributed by atoms with van der Waals surface area (Å²) < 4.78 is 0. The fourth-order valence-electron chi connectivity index (χ4n) is 1.83. The average Bonchev–Trinajstić information content (AvgIpc) is 2.81. The molecule has 2 aromatic rings. The van der Waals surface area contributed by atoms with E-state index in [-0.39, 0.29) is 0 Å². The number of hydrogen-bond donors (Lipinski definition) is 2. The number of nitrogens with one attached hydrogen (secondary N) is 1. The van der Waals surface area contributed by atoms with Crippen LogP contribution >= 0.6 is 23.1 Å². The molecule has 2 rings (SSSR count). The van der Waals surface area contributed by atoms with Crippen LogP contribution < -0.4 is 5.32 Å². The molecule has 0 saturated carbocycles. The van der Waals surface area contributed by atoms with Crippen LogP contribution in [0.15, 0.2) is 34.5 Å². The summed E-state index contributed by atoms with van der Waals surface area (Å²) in [6, 6.07) is 7.59. The highest BCUT2D eigenvalue weighted by molar-refractivity contribution is 7.98. The average molecular weight is 293 g/mol. The van der Waals surface area contributed by atoms with Gasteiger partial charge in [0.25, 0.3) is 0 Å². The van der Waals surface area contributed by atoms with E-state index < -0.39 is 5.97 Å². The van der Waals surface area contributed by atoms with Crippen molar-refractivity contribution in [1.29, 1.82) is 0 Å². The van der Waals surface area contributed by atoms with E-state index in [1.165, 1.54) is 22.2 Å². The predicted molar refractivity (Wildman–Crippen MR) is 81.6 cm³/mol. The Labute approximate surface area is 120 Å². The molecular weight excluding hydrogens is 278 g/mol.